The summed E-state index contributed by atoms with van der Waals surface area (Å²) in [5.41, 5.74) is -0.809. The first-order chi connectivity index (χ1) is 22.7. The van der Waals surface area contributed by atoms with Gasteiger partial charge in [0.2, 0.25) is 11.7 Å². The van der Waals surface area contributed by atoms with Gasteiger partial charge in [0.1, 0.15) is 40.4 Å². The topological polar surface area (TPSA) is 149 Å². The van der Waals surface area contributed by atoms with Crippen molar-refractivity contribution in [2.45, 2.75) is 81.5 Å². The van der Waals surface area contributed by atoms with Crippen LogP contribution in [0, 0.1) is 5.92 Å². The van der Waals surface area contributed by atoms with Crippen molar-refractivity contribution in [3.05, 3.63) is 70.2 Å². The number of halogens is 1. The lowest BCUT2D eigenvalue weighted by Crippen LogP contribution is -2.63. The molecule has 0 radical (unpaired) electrons. The van der Waals surface area contributed by atoms with Crippen molar-refractivity contribution in [3.63, 3.8) is 0 Å². The fourth-order valence-electron chi connectivity index (χ4n) is 6.37. The van der Waals surface area contributed by atoms with Gasteiger partial charge in [0.15, 0.2) is 5.72 Å². The molecular weight excluding hydrogens is 664 g/mol. The number of anilines is 1. The minimum absolute atomic E-state index is 0.0312. The Morgan fingerprint density at radius 3 is 2.67 bits per heavy atom. The number of aliphatic hydroxyl groups is 1. The maximum atomic E-state index is 14.0. The Labute approximate surface area is 289 Å². The van der Waals surface area contributed by atoms with E-state index in [0.29, 0.717) is 23.6 Å². The summed E-state index contributed by atoms with van der Waals surface area (Å²) < 4.78 is 34.5. The summed E-state index contributed by atoms with van der Waals surface area (Å²) in [6, 6.07) is 6.69. The second kappa shape index (κ2) is 14.2. The number of fused-ring (bicyclic) bond motifs is 5. The van der Waals surface area contributed by atoms with Gasteiger partial charge in [-0.3, -0.25) is 10.1 Å². The Morgan fingerprint density at radius 1 is 1.25 bits per heavy atom. The van der Waals surface area contributed by atoms with Gasteiger partial charge in [0.25, 0.3) is 0 Å². The number of rotatable bonds is 5. The Bertz CT molecular complexity index is 1630. The summed E-state index contributed by atoms with van der Waals surface area (Å²) in [5.74, 6) is -0.612. The number of amides is 2. The molecule has 3 aliphatic heterocycles. The standard InChI is InChI=1S/C34H41ClN2O10S/c1-18-8-7-9-26(43-6)34(41)16-25(45-32(40)36-34)19(2)30-33(3,47-30)27(46-31(39)23-11-10-21(17-48)44-23)15-28(38)37(4)22-13-20(12-18)14-24(42-5)29(22)35/h7-11,13-14,19,25-27,30,41,48H,12,15-17H2,1-6H3,(H,36,40)/b9-7+,18-8+. The van der Waals surface area contributed by atoms with E-state index in [9.17, 15) is 19.5 Å². The molecule has 2 aromatic rings. The average molecular weight is 705 g/mol. The molecule has 2 amide bonds. The van der Waals surface area contributed by atoms with Crippen LogP contribution in [0.15, 0.2) is 52.5 Å². The molecule has 4 bridgehead atoms. The number of epoxide rings is 1. The van der Waals surface area contributed by atoms with Crippen molar-refractivity contribution in [2.24, 2.45) is 5.92 Å². The van der Waals surface area contributed by atoms with Crippen LogP contribution in [0.5, 0.6) is 5.75 Å². The highest BCUT2D eigenvalue weighted by Gasteiger charge is 2.64. The number of carbonyl (C=O) groups excluding carboxylic acids is 3. The molecule has 0 saturated carbocycles. The lowest BCUT2D eigenvalue weighted by Gasteiger charge is -2.42. The van der Waals surface area contributed by atoms with Gasteiger partial charge in [0, 0.05) is 32.2 Å². The van der Waals surface area contributed by atoms with Gasteiger partial charge in [-0.2, -0.15) is 12.6 Å². The number of furan rings is 1. The molecular formula is C34H41ClN2O10S. The lowest BCUT2D eigenvalue weighted by molar-refractivity contribution is -0.142. The van der Waals surface area contributed by atoms with E-state index >= 15 is 0 Å². The van der Waals surface area contributed by atoms with Crippen LogP contribution in [0.2, 0.25) is 5.02 Å². The zero-order valence-corrected chi connectivity index (χ0v) is 29.3. The number of allylic oxidation sites excluding steroid dienone is 3. The molecule has 5 rings (SSSR count). The first-order valence-corrected chi connectivity index (χ1v) is 16.5. The lowest BCUT2D eigenvalue weighted by atomic mass is 9.83. The summed E-state index contributed by atoms with van der Waals surface area (Å²) in [6.07, 6.45) is 1.15. The van der Waals surface area contributed by atoms with Crippen molar-refractivity contribution >= 4 is 47.9 Å². The molecule has 2 fully saturated rings. The van der Waals surface area contributed by atoms with Gasteiger partial charge in [-0.1, -0.05) is 42.3 Å². The van der Waals surface area contributed by atoms with Crippen LogP contribution in [0.1, 0.15) is 55.5 Å². The molecule has 12 nitrogen and oxygen atoms in total. The highest BCUT2D eigenvalue weighted by Crippen LogP contribution is 2.49. The summed E-state index contributed by atoms with van der Waals surface area (Å²) in [4.78, 5) is 41.5. The number of ether oxygens (including phenoxy) is 5. The van der Waals surface area contributed by atoms with Gasteiger partial charge in [-0.25, -0.2) is 9.59 Å². The molecule has 14 heteroatoms. The smallest absolute Gasteiger partial charge is 0.409 e. The fourth-order valence-corrected chi connectivity index (χ4v) is 6.85. The van der Waals surface area contributed by atoms with Crippen LogP contribution >= 0.6 is 24.2 Å². The zero-order chi connectivity index (χ0) is 35.0. The van der Waals surface area contributed by atoms with Crippen LogP contribution in [0.25, 0.3) is 0 Å². The average Bonchev–Trinajstić information content (AvgIpc) is 3.50. The number of nitrogens with zero attached hydrogens (tertiary/aromatic N) is 1. The van der Waals surface area contributed by atoms with Crippen molar-refractivity contribution < 1.29 is 47.6 Å². The molecule has 2 saturated heterocycles. The molecule has 0 aliphatic carbocycles. The number of thiol groups is 1. The first-order valence-electron chi connectivity index (χ1n) is 15.5. The van der Waals surface area contributed by atoms with Gasteiger partial charge < -0.3 is 38.1 Å². The number of hydrogen-bond donors (Lipinski definition) is 3. The zero-order valence-electron chi connectivity index (χ0n) is 27.7. The van der Waals surface area contributed by atoms with Gasteiger partial charge >= 0.3 is 12.1 Å². The Morgan fingerprint density at radius 2 is 2.00 bits per heavy atom. The SMILES string of the molecule is COc1cc2cc(c1Cl)N(C)C(=O)CC(OC(=O)c1ccc(CS)o1)C1(C)OC1C(C)C1CC(O)(NC(=O)O1)C(OC)/C=C/C=C(\C)C2. The third-order valence-electron chi connectivity index (χ3n) is 9.22. The van der Waals surface area contributed by atoms with Crippen LogP contribution in [-0.4, -0.2) is 80.1 Å². The van der Waals surface area contributed by atoms with E-state index in [2.05, 4.69) is 17.9 Å². The maximum Gasteiger partial charge on any atom is 0.409 e. The minimum Gasteiger partial charge on any atom is -0.495 e. The highest BCUT2D eigenvalue weighted by atomic mass is 35.5. The quantitative estimate of drug-likeness (QED) is 0.221. The van der Waals surface area contributed by atoms with Crippen LogP contribution in [0.3, 0.4) is 0 Å². The summed E-state index contributed by atoms with van der Waals surface area (Å²) >= 11 is 10.9. The van der Waals surface area contributed by atoms with E-state index in [1.807, 2.05) is 19.9 Å². The first kappa shape index (κ1) is 35.8. The molecule has 2 N–H and O–H groups in total. The number of alkyl carbamates (subject to hydrolysis) is 1. The largest absolute Gasteiger partial charge is 0.495 e. The molecule has 1 aromatic heterocycles. The monoisotopic (exact) mass is 704 g/mol. The second-order valence-electron chi connectivity index (χ2n) is 12.6. The van der Waals surface area contributed by atoms with Crippen molar-refractivity contribution in [2.75, 3.05) is 26.2 Å². The Balaban J connectivity index is 1.56. The van der Waals surface area contributed by atoms with E-state index in [-0.39, 0.29) is 29.4 Å². The normalized spacial score (nSPS) is 32.6. The molecule has 7 unspecified atom stereocenters. The third kappa shape index (κ3) is 7.25. The number of esters is 1. The van der Waals surface area contributed by atoms with E-state index in [1.54, 1.807) is 44.3 Å². The van der Waals surface area contributed by atoms with Crippen molar-refractivity contribution in [3.8, 4) is 5.75 Å². The molecule has 1 aromatic carbocycles. The Kier molecular flexibility index (Phi) is 10.6. The summed E-state index contributed by atoms with van der Waals surface area (Å²) in [6.45, 7) is 5.46. The van der Waals surface area contributed by atoms with Crippen LogP contribution in [-0.2, 0) is 35.9 Å². The molecule has 4 heterocycles. The van der Waals surface area contributed by atoms with Crippen molar-refractivity contribution in [1.82, 2.24) is 5.32 Å². The van der Waals surface area contributed by atoms with Gasteiger partial charge in [-0.15, -0.1) is 0 Å². The molecule has 3 aliphatic rings. The van der Waals surface area contributed by atoms with Gasteiger partial charge in [-0.05, 0) is 50.1 Å². The third-order valence-corrected chi connectivity index (χ3v) is 9.91. The Hall–Kier alpha value is -3.49. The molecule has 48 heavy (non-hydrogen) atoms. The summed E-state index contributed by atoms with van der Waals surface area (Å²) in [7, 11) is 4.52. The van der Waals surface area contributed by atoms with Crippen molar-refractivity contribution in [1.29, 1.82) is 0 Å². The molecule has 0 spiro atoms. The predicted molar refractivity (Wildman–Crippen MR) is 179 cm³/mol. The van der Waals surface area contributed by atoms with Gasteiger partial charge in [0.05, 0.1) is 25.3 Å². The van der Waals surface area contributed by atoms with Crippen LogP contribution < -0.4 is 15.0 Å². The second-order valence-corrected chi connectivity index (χ2v) is 13.3. The summed E-state index contributed by atoms with van der Waals surface area (Å²) in [5, 5.41) is 14.4. The minimum atomic E-state index is -1.80. The highest BCUT2D eigenvalue weighted by molar-refractivity contribution is 7.79. The van der Waals surface area contributed by atoms with E-state index < -0.39 is 59.6 Å². The predicted octanol–water partition coefficient (Wildman–Crippen LogP) is 5.00. The van der Waals surface area contributed by atoms with E-state index in [0.717, 1.165) is 11.1 Å². The number of methoxy groups -OCH3 is 2. The van der Waals surface area contributed by atoms with E-state index in [4.69, 9.17) is 39.7 Å². The molecule has 7 atom stereocenters. The number of nitrogens with one attached hydrogen (secondary N) is 1. The fraction of sp³-hybridized carbons (Fsp3) is 0.500. The molecule has 260 valence electrons. The maximum absolute atomic E-state index is 14.0. The number of hydrogen-bond acceptors (Lipinski definition) is 11. The number of benzene rings is 1. The number of carbonyl (C=O) groups is 3. The van der Waals surface area contributed by atoms with E-state index in [1.165, 1.54) is 25.2 Å². The van der Waals surface area contributed by atoms with Crippen LogP contribution in [0.4, 0.5) is 10.5 Å².